The van der Waals surface area contributed by atoms with Crippen molar-refractivity contribution in [3.63, 3.8) is 0 Å². The molecule has 0 spiro atoms. The largest absolute Gasteiger partial charge is 0.497 e. The van der Waals surface area contributed by atoms with Crippen LogP contribution in [0.2, 0.25) is 0 Å². The molecular formula is C20H23NO3. The van der Waals surface area contributed by atoms with Gasteiger partial charge in [-0.25, -0.2) is 0 Å². The van der Waals surface area contributed by atoms with Crippen molar-refractivity contribution in [3.05, 3.63) is 64.7 Å². The summed E-state index contributed by atoms with van der Waals surface area (Å²) in [5, 5.41) is 0. The third-order valence-electron chi connectivity index (χ3n) is 4.60. The molecule has 2 aromatic rings. The number of methoxy groups -OCH3 is 1. The number of amides is 1. The quantitative estimate of drug-likeness (QED) is 0.866. The Bertz CT molecular complexity index is 724. The molecule has 1 atom stereocenters. The molecule has 1 aliphatic heterocycles. The zero-order chi connectivity index (χ0) is 17.1. The van der Waals surface area contributed by atoms with Crippen LogP contribution in [0, 0.1) is 13.8 Å². The molecule has 1 saturated heterocycles. The highest BCUT2D eigenvalue weighted by molar-refractivity contribution is 5.94. The highest BCUT2D eigenvalue weighted by Crippen LogP contribution is 2.25. The smallest absolute Gasteiger partial charge is 0.254 e. The topological polar surface area (TPSA) is 38.8 Å². The highest BCUT2D eigenvalue weighted by atomic mass is 16.5. The molecule has 4 nitrogen and oxygen atoms in total. The van der Waals surface area contributed by atoms with Crippen LogP contribution in [0.4, 0.5) is 0 Å². The van der Waals surface area contributed by atoms with Gasteiger partial charge in [0.2, 0.25) is 0 Å². The van der Waals surface area contributed by atoms with Gasteiger partial charge < -0.3 is 14.4 Å². The fraction of sp³-hybridized carbons (Fsp3) is 0.350. The Hall–Kier alpha value is -2.33. The molecule has 126 valence electrons. The Morgan fingerprint density at radius 3 is 2.54 bits per heavy atom. The number of hydrogen-bond donors (Lipinski definition) is 0. The normalized spacial score (nSPS) is 17.6. The van der Waals surface area contributed by atoms with E-state index in [-0.39, 0.29) is 12.0 Å². The number of morpholine rings is 1. The van der Waals surface area contributed by atoms with Gasteiger partial charge in [-0.05, 0) is 54.8 Å². The van der Waals surface area contributed by atoms with Crippen molar-refractivity contribution in [2.45, 2.75) is 20.0 Å². The first kappa shape index (κ1) is 16.5. The molecule has 0 aliphatic carbocycles. The lowest BCUT2D eigenvalue weighted by Crippen LogP contribution is -2.42. The minimum absolute atomic E-state index is 0.0694. The van der Waals surface area contributed by atoms with E-state index in [9.17, 15) is 4.79 Å². The van der Waals surface area contributed by atoms with E-state index in [1.165, 1.54) is 5.56 Å². The lowest BCUT2D eigenvalue weighted by atomic mass is 10.0. The number of carbonyl (C=O) groups is 1. The Balaban J connectivity index is 1.74. The fourth-order valence-corrected chi connectivity index (χ4v) is 2.91. The van der Waals surface area contributed by atoms with Crippen LogP contribution in [-0.4, -0.2) is 37.6 Å². The third kappa shape index (κ3) is 3.44. The van der Waals surface area contributed by atoms with Gasteiger partial charge in [-0.3, -0.25) is 4.79 Å². The van der Waals surface area contributed by atoms with Crippen molar-refractivity contribution < 1.29 is 14.3 Å². The van der Waals surface area contributed by atoms with E-state index in [2.05, 4.69) is 6.92 Å². The van der Waals surface area contributed by atoms with E-state index in [1.54, 1.807) is 7.11 Å². The van der Waals surface area contributed by atoms with Crippen molar-refractivity contribution >= 4 is 5.91 Å². The number of carbonyl (C=O) groups excluding carboxylic acids is 1. The Kier molecular flexibility index (Phi) is 4.86. The van der Waals surface area contributed by atoms with E-state index in [0.29, 0.717) is 19.7 Å². The molecule has 1 amide bonds. The minimum atomic E-state index is -0.0971. The first-order valence-corrected chi connectivity index (χ1v) is 8.20. The Morgan fingerprint density at radius 2 is 1.88 bits per heavy atom. The summed E-state index contributed by atoms with van der Waals surface area (Å²) in [6.07, 6.45) is -0.0971. The van der Waals surface area contributed by atoms with Crippen LogP contribution < -0.4 is 4.74 Å². The molecule has 0 saturated carbocycles. The van der Waals surface area contributed by atoms with Gasteiger partial charge in [0.25, 0.3) is 5.91 Å². The molecule has 1 unspecified atom stereocenters. The molecule has 4 heteroatoms. The number of aryl methyl sites for hydroxylation is 2. The molecule has 3 rings (SSSR count). The second-order valence-electron chi connectivity index (χ2n) is 6.18. The molecule has 1 fully saturated rings. The summed E-state index contributed by atoms with van der Waals surface area (Å²) >= 11 is 0. The lowest BCUT2D eigenvalue weighted by Gasteiger charge is -2.33. The maximum atomic E-state index is 12.8. The lowest BCUT2D eigenvalue weighted by molar-refractivity contribution is -0.0228. The van der Waals surface area contributed by atoms with Gasteiger partial charge in [0, 0.05) is 12.1 Å². The molecule has 2 aromatic carbocycles. The average molecular weight is 325 g/mol. The molecule has 24 heavy (non-hydrogen) atoms. The van der Waals surface area contributed by atoms with Gasteiger partial charge in [-0.15, -0.1) is 0 Å². The van der Waals surface area contributed by atoms with Crippen LogP contribution in [0.1, 0.15) is 33.2 Å². The summed E-state index contributed by atoms with van der Waals surface area (Å²) in [6.45, 7) is 5.83. The summed E-state index contributed by atoms with van der Waals surface area (Å²) in [5.74, 6) is 0.887. The summed E-state index contributed by atoms with van der Waals surface area (Å²) in [7, 11) is 1.65. The predicted octanol–water partition coefficient (Wildman–Crippen LogP) is 3.53. The van der Waals surface area contributed by atoms with Crippen molar-refractivity contribution in [1.82, 2.24) is 4.90 Å². The fourth-order valence-electron chi connectivity index (χ4n) is 2.91. The average Bonchev–Trinajstić information content (AvgIpc) is 2.63. The first-order valence-electron chi connectivity index (χ1n) is 8.20. The SMILES string of the molecule is COc1ccc(C2CN(C(=O)c3ccc(C)c(C)c3)CCO2)cc1. The molecule has 0 radical (unpaired) electrons. The van der Waals surface area contributed by atoms with Crippen LogP contribution >= 0.6 is 0 Å². The third-order valence-corrected chi connectivity index (χ3v) is 4.60. The van der Waals surface area contributed by atoms with E-state index >= 15 is 0 Å². The first-order chi connectivity index (χ1) is 11.6. The van der Waals surface area contributed by atoms with Crippen LogP contribution in [0.15, 0.2) is 42.5 Å². The van der Waals surface area contributed by atoms with E-state index in [4.69, 9.17) is 9.47 Å². The summed E-state index contributed by atoms with van der Waals surface area (Å²) < 4.78 is 11.1. The number of hydrogen-bond acceptors (Lipinski definition) is 3. The second kappa shape index (κ2) is 7.05. The maximum absolute atomic E-state index is 12.8. The van der Waals surface area contributed by atoms with Crippen molar-refractivity contribution in [2.75, 3.05) is 26.8 Å². The van der Waals surface area contributed by atoms with E-state index in [0.717, 1.165) is 22.4 Å². The molecule has 1 heterocycles. The van der Waals surface area contributed by atoms with Crippen molar-refractivity contribution in [3.8, 4) is 5.75 Å². The highest BCUT2D eigenvalue weighted by Gasteiger charge is 2.26. The Morgan fingerprint density at radius 1 is 1.12 bits per heavy atom. The van der Waals surface area contributed by atoms with Gasteiger partial charge in [-0.2, -0.15) is 0 Å². The summed E-state index contributed by atoms with van der Waals surface area (Å²) in [4.78, 5) is 14.7. The van der Waals surface area contributed by atoms with Gasteiger partial charge >= 0.3 is 0 Å². The molecule has 0 N–H and O–H groups in total. The molecule has 0 aromatic heterocycles. The van der Waals surface area contributed by atoms with Crippen LogP contribution in [0.25, 0.3) is 0 Å². The number of nitrogens with zero attached hydrogens (tertiary/aromatic N) is 1. The predicted molar refractivity (Wildman–Crippen MR) is 93.5 cm³/mol. The number of ether oxygens (including phenoxy) is 2. The van der Waals surface area contributed by atoms with Crippen molar-refractivity contribution in [2.24, 2.45) is 0 Å². The van der Waals surface area contributed by atoms with Crippen LogP contribution in [-0.2, 0) is 4.74 Å². The van der Waals surface area contributed by atoms with Crippen LogP contribution in [0.5, 0.6) is 5.75 Å². The monoisotopic (exact) mass is 325 g/mol. The van der Waals surface area contributed by atoms with Gasteiger partial charge in [0.15, 0.2) is 0 Å². The second-order valence-corrected chi connectivity index (χ2v) is 6.18. The summed E-state index contributed by atoms with van der Waals surface area (Å²) in [5.41, 5.74) is 4.15. The minimum Gasteiger partial charge on any atom is -0.497 e. The number of rotatable bonds is 3. The molecular weight excluding hydrogens is 302 g/mol. The Labute approximate surface area is 143 Å². The van der Waals surface area contributed by atoms with Crippen molar-refractivity contribution in [1.29, 1.82) is 0 Å². The number of benzene rings is 2. The standard InChI is InChI=1S/C20H23NO3/c1-14-4-5-17(12-15(14)2)20(22)21-10-11-24-19(13-21)16-6-8-18(23-3)9-7-16/h4-9,12,19H,10-11,13H2,1-3H3. The molecule has 1 aliphatic rings. The van der Waals surface area contributed by atoms with Crippen LogP contribution in [0.3, 0.4) is 0 Å². The van der Waals surface area contributed by atoms with Gasteiger partial charge in [0.05, 0.1) is 20.3 Å². The zero-order valence-electron chi connectivity index (χ0n) is 14.4. The molecule has 0 bridgehead atoms. The zero-order valence-corrected chi connectivity index (χ0v) is 14.4. The van der Waals surface area contributed by atoms with Gasteiger partial charge in [-0.1, -0.05) is 18.2 Å². The summed E-state index contributed by atoms with van der Waals surface area (Å²) in [6, 6.07) is 13.7. The van der Waals surface area contributed by atoms with E-state index in [1.807, 2.05) is 54.3 Å². The van der Waals surface area contributed by atoms with E-state index < -0.39 is 0 Å². The van der Waals surface area contributed by atoms with Gasteiger partial charge in [0.1, 0.15) is 11.9 Å². The maximum Gasteiger partial charge on any atom is 0.254 e.